The molecule has 5 rings (SSSR count). The smallest absolute Gasteiger partial charge is 0.323 e. The number of ether oxygens (including phenoxy) is 2. The zero-order valence-electron chi connectivity index (χ0n) is 26.4. The Morgan fingerprint density at radius 2 is 1.77 bits per heavy atom. The van der Waals surface area contributed by atoms with Gasteiger partial charge in [-0.05, 0) is 48.7 Å². The van der Waals surface area contributed by atoms with Gasteiger partial charge in [0.1, 0.15) is 6.10 Å². The van der Waals surface area contributed by atoms with Crippen molar-refractivity contribution in [2.45, 2.75) is 30.9 Å². The second kappa shape index (κ2) is 14.0. The summed E-state index contributed by atoms with van der Waals surface area (Å²) in [4.78, 5) is 28.4. The first-order valence-electron chi connectivity index (χ1n) is 15.0. The number of aliphatic hydroxyl groups is 1. The average molecular weight is 665 g/mol. The van der Waals surface area contributed by atoms with Crippen LogP contribution in [0.15, 0.2) is 83.8 Å². The number of fused-ring (bicyclic) bond motifs is 2. The van der Waals surface area contributed by atoms with Crippen LogP contribution in [-0.2, 0) is 10.0 Å². The number of nitrogens with one attached hydrogen (secondary N) is 2. The fourth-order valence-electron chi connectivity index (χ4n) is 5.51. The molecule has 0 radical (unpaired) electrons. The van der Waals surface area contributed by atoms with Crippen LogP contribution >= 0.6 is 0 Å². The molecule has 1 heterocycles. The highest BCUT2D eigenvalue weighted by Gasteiger charge is 2.36. The molecule has 0 aliphatic carbocycles. The van der Waals surface area contributed by atoms with Crippen LogP contribution < -0.4 is 20.1 Å². The van der Waals surface area contributed by atoms with Gasteiger partial charge in [-0.25, -0.2) is 17.6 Å². The number of nitrogens with zero attached hydrogens (tertiary/aromatic N) is 2. The number of rotatable bonds is 9. The molecular weight excluding hydrogens is 627 g/mol. The van der Waals surface area contributed by atoms with Crippen molar-refractivity contribution in [2.75, 3.05) is 44.5 Å². The molecule has 3 amide bonds. The van der Waals surface area contributed by atoms with Gasteiger partial charge in [0.25, 0.3) is 5.91 Å². The van der Waals surface area contributed by atoms with E-state index >= 15 is 0 Å². The normalized spacial score (nSPS) is 17.3. The number of urea groups is 1. The molecular formula is C34H37FN4O7S. The first-order valence-corrected chi connectivity index (χ1v) is 16.5. The Labute approximate surface area is 272 Å². The van der Waals surface area contributed by atoms with Crippen LogP contribution in [0.3, 0.4) is 0 Å². The van der Waals surface area contributed by atoms with E-state index < -0.39 is 45.8 Å². The maximum Gasteiger partial charge on any atom is 0.323 e. The number of para-hydroxylation sites is 1. The van der Waals surface area contributed by atoms with E-state index in [0.717, 1.165) is 21.1 Å². The standard InChI is InChI=1S/C34H37FN4O7S/c1-21-18-39(22(2)20-40)33(41)26-12-8-14-29(37-34(42)36-28-13-7-10-23-9-5-6-11-25(23)28)32(26)46-31(21)19-38(3)47(43,44)24-15-16-30(45-4)27(35)17-24/h5-17,21-22,31,40H,18-20H2,1-4H3,(H2,36,37,42)/t21-,22+,31+/m1/s1. The van der Waals surface area contributed by atoms with Crippen LogP contribution in [0.4, 0.5) is 20.6 Å². The van der Waals surface area contributed by atoms with Crippen LogP contribution in [-0.4, -0.2) is 80.7 Å². The summed E-state index contributed by atoms with van der Waals surface area (Å²) in [5, 5.41) is 17.4. The molecule has 1 aliphatic rings. The van der Waals surface area contributed by atoms with Gasteiger partial charge >= 0.3 is 6.03 Å². The zero-order chi connectivity index (χ0) is 33.9. The Balaban J connectivity index is 1.48. The first-order chi connectivity index (χ1) is 22.4. The van der Waals surface area contributed by atoms with Crippen molar-refractivity contribution in [3.63, 3.8) is 0 Å². The molecule has 248 valence electrons. The Hall–Kier alpha value is -4.72. The van der Waals surface area contributed by atoms with Gasteiger partial charge in [-0.15, -0.1) is 0 Å². The lowest BCUT2D eigenvalue weighted by atomic mass is 9.99. The van der Waals surface area contributed by atoms with Gasteiger partial charge in [-0.3, -0.25) is 4.79 Å². The molecule has 1 aliphatic heterocycles. The minimum atomic E-state index is -4.18. The number of carbonyl (C=O) groups is 2. The van der Waals surface area contributed by atoms with Crippen molar-refractivity contribution < 1.29 is 37.0 Å². The topological polar surface area (TPSA) is 138 Å². The van der Waals surface area contributed by atoms with Crippen molar-refractivity contribution in [3.05, 3.63) is 90.2 Å². The third kappa shape index (κ3) is 7.02. The summed E-state index contributed by atoms with van der Waals surface area (Å²) < 4.78 is 53.9. The number of carbonyl (C=O) groups excluding carboxylic acids is 2. The van der Waals surface area contributed by atoms with Gasteiger partial charge in [0.05, 0.1) is 48.1 Å². The first kappa shape index (κ1) is 33.6. The lowest BCUT2D eigenvalue weighted by molar-refractivity contribution is 0.0389. The summed E-state index contributed by atoms with van der Waals surface area (Å²) in [5.74, 6) is -1.72. The Morgan fingerprint density at radius 3 is 2.49 bits per heavy atom. The Bertz CT molecular complexity index is 1900. The summed E-state index contributed by atoms with van der Waals surface area (Å²) in [6, 6.07) is 20.1. The average Bonchev–Trinajstić information content (AvgIpc) is 3.06. The Morgan fingerprint density at radius 1 is 1.09 bits per heavy atom. The molecule has 0 unspecified atom stereocenters. The molecule has 0 saturated heterocycles. The van der Waals surface area contributed by atoms with Crippen molar-refractivity contribution in [3.8, 4) is 11.5 Å². The van der Waals surface area contributed by atoms with E-state index in [0.29, 0.717) is 5.69 Å². The van der Waals surface area contributed by atoms with Crippen molar-refractivity contribution >= 4 is 44.1 Å². The van der Waals surface area contributed by atoms with E-state index in [-0.39, 0.29) is 47.3 Å². The van der Waals surface area contributed by atoms with Crippen LogP contribution in [0, 0.1) is 11.7 Å². The molecule has 0 aromatic heterocycles. The molecule has 13 heteroatoms. The highest BCUT2D eigenvalue weighted by Crippen LogP contribution is 2.36. The van der Waals surface area contributed by atoms with E-state index in [1.54, 1.807) is 38.1 Å². The van der Waals surface area contributed by atoms with Crippen LogP contribution in [0.25, 0.3) is 10.8 Å². The molecule has 3 atom stereocenters. The van der Waals surface area contributed by atoms with Crippen molar-refractivity contribution in [1.82, 2.24) is 9.21 Å². The van der Waals surface area contributed by atoms with E-state index in [4.69, 9.17) is 9.47 Å². The summed E-state index contributed by atoms with van der Waals surface area (Å²) in [6.07, 6.45) is -0.831. The van der Waals surface area contributed by atoms with Gasteiger partial charge < -0.3 is 30.1 Å². The number of anilines is 2. The van der Waals surface area contributed by atoms with Gasteiger partial charge in [0.2, 0.25) is 10.0 Å². The predicted molar refractivity (Wildman–Crippen MR) is 177 cm³/mol. The van der Waals surface area contributed by atoms with Gasteiger partial charge in [0.15, 0.2) is 17.3 Å². The van der Waals surface area contributed by atoms with Crippen molar-refractivity contribution in [1.29, 1.82) is 0 Å². The third-order valence-electron chi connectivity index (χ3n) is 8.25. The number of likely N-dealkylation sites (N-methyl/N-ethyl adjacent to an activating group) is 1. The lowest BCUT2D eigenvalue weighted by Gasteiger charge is -2.38. The van der Waals surface area contributed by atoms with E-state index in [1.807, 2.05) is 36.4 Å². The third-order valence-corrected chi connectivity index (χ3v) is 10.1. The fourth-order valence-corrected chi connectivity index (χ4v) is 6.70. The fraction of sp³-hybridized carbons (Fsp3) is 0.294. The monoisotopic (exact) mass is 664 g/mol. The SMILES string of the molecule is COc1ccc(S(=O)(=O)N(C)C[C@@H]2Oc3c(NC(=O)Nc4cccc5ccccc45)cccc3C(=O)N([C@@H](C)CO)C[C@H]2C)cc1F. The maximum atomic E-state index is 14.5. The predicted octanol–water partition coefficient (Wildman–Crippen LogP) is 5.17. The number of halogens is 1. The molecule has 47 heavy (non-hydrogen) atoms. The highest BCUT2D eigenvalue weighted by molar-refractivity contribution is 7.89. The second-order valence-corrected chi connectivity index (χ2v) is 13.5. The number of aliphatic hydroxyl groups excluding tert-OH is 1. The molecule has 3 N–H and O–H groups in total. The van der Waals surface area contributed by atoms with Crippen LogP contribution in [0.2, 0.25) is 0 Å². The number of amides is 3. The second-order valence-electron chi connectivity index (χ2n) is 11.5. The molecule has 0 saturated carbocycles. The van der Waals surface area contributed by atoms with Crippen LogP contribution in [0.1, 0.15) is 24.2 Å². The number of methoxy groups -OCH3 is 1. The van der Waals surface area contributed by atoms with Gasteiger partial charge in [-0.1, -0.05) is 49.4 Å². The quantitative estimate of drug-likeness (QED) is 0.225. The molecule has 4 aromatic rings. The van der Waals surface area contributed by atoms with Gasteiger partial charge in [0, 0.05) is 24.9 Å². The summed E-state index contributed by atoms with van der Waals surface area (Å²) in [5.41, 5.74) is 0.896. The zero-order valence-corrected chi connectivity index (χ0v) is 27.3. The van der Waals surface area contributed by atoms with Crippen molar-refractivity contribution in [2.24, 2.45) is 5.92 Å². The minimum Gasteiger partial charge on any atom is -0.494 e. The maximum absolute atomic E-state index is 14.5. The van der Waals surface area contributed by atoms with Gasteiger partial charge in [-0.2, -0.15) is 4.31 Å². The molecule has 0 spiro atoms. The van der Waals surface area contributed by atoms with E-state index in [2.05, 4.69) is 10.6 Å². The molecule has 0 bridgehead atoms. The number of hydrogen-bond acceptors (Lipinski definition) is 7. The number of benzene rings is 4. The number of hydrogen-bond donors (Lipinski definition) is 3. The molecule has 4 aromatic carbocycles. The molecule has 0 fully saturated rings. The molecule has 11 nitrogen and oxygen atoms in total. The van der Waals surface area contributed by atoms with E-state index in [1.165, 1.54) is 31.2 Å². The summed E-state index contributed by atoms with van der Waals surface area (Å²) >= 11 is 0. The highest BCUT2D eigenvalue weighted by atomic mass is 32.2. The van der Waals surface area contributed by atoms with Crippen LogP contribution in [0.5, 0.6) is 11.5 Å². The number of sulfonamides is 1. The Kier molecular flexibility index (Phi) is 9.99. The largest absolute Gasteiger partial charge is 0.494 e. The lowest BCUT2D eigenvalue weighted by Crippen LogP contribution is -2.50. The minimum absolute atomic E-state index is 0.0542. The summed E-state index contributed by atoms with van der Waals surface area (Å²) in [7, 11) is -1.54. The summed E-state index contributed by atoms with van der Waals surface area (Å²) in [6.45, 7) is 3.17. The van der Waals surface area contributed by atoms with E-state index in [9.17, 15) is 27.5 Å².